The molecule has 0 heterocycles. The van der Waals surface area contributed by atoms with Gasteiger partial charge in [-0.2, -0.15) is 0 Å². The number of esters is 3. The van der Waals surface area contributed by atoms with E-state index in [1.807, 2.05) is 72.9 Å². The molecule has 0 bridgehead atoms. The van der Waals surface area contributed by atoms with Gasteiger partial charge in [-0.25, -0.2) is 0 Å². The minimum absolute atomic E-state index is 0.122. The highest BCUT2D eigenvalue weighted by atomic mass is 16.6. The van der Waals surface area contributed by atoms with Crippen molar-refractivity contribution in [2.75, 3.05) is 13.2 Å². The average Bonchev–Trinajstić information content (AvgIpc) is 3.30. The molecule has 0 aromatic carbocycles. The summed E-state index contributed by atoms with van der Waals surface area (Å²) < 4.78 is 16.7. The molecule has 1 atom stereocenters. The molecule has 0 aliphatic rings. The summed E-state index contributed by atoms with van der Waals surface area (Å²) in [4.78, 5) is 38.0. The molecule has 0 saturated heterocycles. The van der Waals surface area contributed by atoms with E-state index in [1.165, 1.54) is 0 Å². The van der Waals surface area contributed by atoms with Crippen molar-refractivity contribution < 1.29 is 28.6 Å². The molecule has 0 aliphatic heterocycles. The number of carbonyl (C=O) groups is 3. The van der Waals surface area contributed by atoms with Crippen molar-refractivity contribution in [2.24, 2.45) is 0 Å². The molecule has 0 N–H and O–H groups in total. The van der Waals surface area contributed by atoms with Crippen LogP contribution < -0.4 is 0 Å². The summed E-state index contributed by atoms with van der Waals surface area (Å²) in [7, 11) is 0. The highest BCUT2D eigenvalue weighted by molar-refractivity contribution is 5.71. The third-order valence-corrected chi connectivity index (χ3v) is 9.70. The van der Waals surface area contributed by atoms with E-state index in [0.717, 1.165) is 122 Å². The Morgan fingerprint density at radius 3 is 1.06 bits per heavy atom. The van der Waals surface area contributed by atoms with Gasteiger partial charge in [-0.1, -0.05) is 211 Å². The van der Waals surface area contributed by atoms with E-state index in [9.17, 15) is 14.4 Å². The molecule has 0 amide bonds. The molecule has 6 nitrogen and oxygen atoms in total. The van der Waals surface area contributed by atoms with E-state index in [1.54, 1.807) is 0 Å². The molecule has 0 spiro atoms. The molecule has 0 aromatic rings. The summed E-state index contributed by atoms with van der Waals surface area (Å²) in [6.45, 7) is 6.15. The fourth-order valence-electron chi connectivity index (χ4n) is 6.04. The lowest BCUT2D eigenvalue weighted by molar-refractivity contribution is -0.167. The smallest absolute Gasteiger partial charge is 0.306 e. The highest BCUT2D eigenvalue weighted by Gasteiger charge is 2.19. The lowest BCUT2D eigenvalue weighted by Crippen LogP contribution is -2.30. The van der Waals surface area contributed by atoms with Gasteiger partial charge in [0.25, 0.3) is 0 Å². The molecule has 0 fully saturated rings. The first-order valence-electron chi connectivity index (χ1n) is 25.1. The van der Waals surface area contributed by atoms with Crippen LogP contribution in [0.1, 0.15) is 175 Å². The van der Waals surface area contributed by atoms with Gasteiger partial charge in [-0.05, 0) is 103 Å². The van der Waals surface area contributed by atoms with E-state index in [-0.39, 0.29) is 44.0 Å². The highest BCUT2D eigenvalue weighted by Crippen LogP contribution is 2.12. The molecule has 0 aromatic heterocycles. The topological polar surface area (TPSA) is 78.9 Å². The van der Waals surface area contributed by atoms with Crippen LogP contribution in [0.4, 0.5) is 0 Å². The molecule has 1 unspecified atom stereocenters. The van der Waals surface area contributed by atoms with Crippen LogP contribution in [0, 0.1) is 0 Å². The van der Waals surface area contributed by atoms with E-state index < -0.39 is 6.10 Å². The first-order chi connectivity index (χ1) is 32.0. The summed E-state index contributed by atoms with van der Waals surface area (Å²) in [6, 6.07) is 0. The monoisotopic (exact) mass is 893 g/mol. The Morgan fingerprint density at radius 1 is 0.323 bits per heavy atom. The van der Waals surface area contributed by atoms with Crippen LogP contribution in [0.2, 0.25) is 0 Å². The number of carbonyl (C=O) groups excluding carboxylic acids is 3. The van der Waals surface area contributed by atoms with Crippen LogP contribution >= 0.6 is 0 Å². The Kier molecular flexibility index (Phi) is 47.7. The van der Waals surface area contributed by atoms with Gasteiger partial charge in [0.05, 0.1) is 0 Å². The normalized spacial score (nSPS) is 13.5. The third-order valence-electron chi connectivity index (χ3n) is 9.70. The van der Waals surface area contributed by atoms with Crippen molar-refractivity contribution in [3.63, 3.8) is 0 Å². The summed E-state index contributed by atoms with van der Waals surface area (Å²) in [6.07, 6.45) is 75.1. The van der Waals surface area contributed by atoms with Crippen molar-refractivity contribution in [1.29, 1.82) is 0 Å². The molecule has 0 saturated carbocycles. The zero-order valence-corrected chi connectivity index (χ0v) is 40.9. The van der Waals surface area contributed by atoms with Crippen molar-refractivity contribution in [1.82, 2.24) is 0 Å². The van der Waals surface area contributed by atoms with E-state index >= 15 is 0 Å². The van der Waals surface area contributed by atoms with Crippen LogP contribution in [0.15, 0.2) is 158 Å². The zero-order chi connectivity index (χ0) is 47.2. The van der Waals surface area contributed by atoms with Crippen molar-refractivity contribution >= 4 is 17.9 Å². The number of ether oxygens (including phenoxy) is 3. The van der Waals surface area contributed by atoms with Gasteiger partial charge in [-0.15, -0.1) is 0 Å². The quantitative estimate of drug-likeness (QED) is 0.0200. The van der Waals surface area contributed by atoms with Crippen LogP contribution in [-0.4, -0.2) is 37.2 Å². The first kappa shape index (κ1) is 60.0. The van der Waals surface area contributed by atoms with Gasteiger partial charge in [0, 0.05) is 19.3 Å². The van der Waals surface area contributed by atoms with E-state index in [2.05, 4.69) is 106 Å². The lowest BCUT2D eigenvalue weighted by Gasteiger charge is -2.18. The number of unbranched alkanes of at least 4 members (excludes halogenated alkanes) is 11. The standard InChI is InChI=1S/C59H88O6/c1-4-7-10-13-16-19-22-25-27-29-30-31-33-34-37-40-43-46-49-52-58(61)64-55-56(54-63-57(60)51-48-45-42-39-36-24-21-18-15-12-9-6-3)65-59(62)53-50-47-44-41-38-35-32-28-26-23-20-17-14-11-8-5-2/h7-13,16-22,25-31,33-35,37-38,56H,4-6,14-15,23-24,32,36,39-55H2,1-3H3/b10-7-,11-8-,12-9-,16-13-,20-17-,21-18-,22-19-,27-25-,28-26-,30-29+,33-31-,37-34-,38-35-. The molecular formula is C59H88O6. The van der Waals surface area contributed by atoms with Gasteiger partial charge in [-0.3, -0.25) is 14.4 Å². The molecule has 65 heavy (non-hydrogen) atoms. The van der Waals surface area contributed by atoms with E-state index in [4.69, 9.17) is 14.2 Å². The predicted octanol–water partition coefficient (Wildman–Crippen LogP) is 16.6. The summed E-state index contributed by atoms with van der Waals surface area (Å²) >= 11 is 0. The summed E-state index contributed by atoms with van der Waals surface area (Å²) in [5.41, 5.74) is 0. The van der Waals surface area contributed by atoms with Crippen molar-refractivity contribution in [2.45, 2.75) is 181 Å². The average molecular weight is 893 g/mol. The van der Waals surface area contributed by atoms with Gasteiger partial charge in [0.15, 0.2) is 6.10 Å². The van der Waals surface area contributed by atoms with Crippen molar-refractivity contribution in [3.8, 4) is 0 Å². The zero-order valence-electron chi connectivity index (χ0n) is 40.9. The number of hydrogen-bond acceptors (Lipinski definition) is 6. The second-order valence-corrected chi connectivity index (χ2v) is 15.8. The van der Waals surface area contributed by atoms with Crippen LogP contribution in [-0.2, 0) is 28.6 Å². The minimum Gasteiger partial charge on any atom is -0.462 e. The Balaban J connectivity index is 4.60. The SMILES string of the molecule is CC\C=C/C=C\C=C/C=C\C=C\C=C/C=C\CCCCCC(=O)OCC(COC(=O)CCCCCCC/C=C\C/C=C\CC)OC(=O)CCCCC/C=C\C/C=C\C/C=C\C/C=C\CC. The van der Waals surface area contributed by atoms with Gasteiger partial charge >= 0.3 is 17.9 Å². The second-order valence-electron chi connectivity index (χ2n) is 15.8. The largest absolute Gasteiger partial charge is 0.462 e. The Bertz CT molecular complexity index is 1540. The molecule has 360 valence electrons. The van der Waals surface area contributed by atoms with Gasteiger partial charge in [0.2, 0.25) is 0 Å². The number of hydrogen-bond donors (Lipinski definition) is 0. The summed E-state index contributed by atoms with van der Waals surface area (Å²) in [5.74, 6) is -1.03. The van der Waals surface area contributed by atoms with Crippen LogP contribution in [0.3, 0.4) is 0 Å². The molecule has 0 radical (unpaired) electrons. The molecule has 0 rings (SSSR count). The molecule has 6 heteroatoms. The Hall–Kier alpha value is -4.97. The van der Waals surface area contributed by atoms with Gasteiger partial charge < -0.3 is 14.2 Å². The van der Waals surface area contributed by atoms with Crippen LogP contribution in [0.5, 0.6) is 0 Å². The first-order valence-corrected chi connectivity index (χ1v) is 25.1. The third kappa shape index (κ3) is 49.9. The minimum atomic E-state index is -0.827. The Morgan fingerprint density at radius 2 is 0.631 bits per heavy atom. The maximum absolute atomic E-state index is 12.8. The van der Waals surface area contributed by atoms with Crippen molar-refractivity contribution in [3.05, 3.63) is 158 Å². The maximum atomic E-state index is 12.8. The van der Waals surface area contributed by atoms with Gasteiger partial charge in [0.1, 0.15) is 13.2 Å². The summed E-state index contributed by atoms with van der Waals surface area (Å²) in [5, 5.41) is 0. The Labute approximate surface area is 397 Å². The second kappa shape index (κ2) is 51.7. The molecule has 0 aliphatic carbocycles. The lowest BCUT2D eigenvalue weighted by atomic mass is 10.1. The van der Waals surface area contributed by atoms with Crippen LogP contribution in [0.25, 0.3) is 0 Å². The predicted molar refractivity (Wildman–Crippen MR) is 278 cm³/mol. The fraction of sp³-hybridized carbons (Fsp3) is 0.508. The fourth-order valence-corrected chi connectivity index (χ4v) is 6.04. The molecular weight excluding hydrogens is 805 g/mol. The number of rotatable bonds is 42. The number of allylic oxidation sites excluding steroid dienone is 26. The maximum Gasteiger partial charge on any atom is 0.306 e. The van der Waals surface area contributed by atoms with E-state index in [0.29, 0.717) is 19.3 Å².